The molecule has 0 fully saturated rings. The number of para-hydroxylation sites is 1. The predicted molar refractivity (Wildman–Crippen MR) is 72.0 cm³/mol. The maximum absolute atomic E-state index is 12.6. The van der Waals surface area contributed by atoms with E-state index >= 15 is 0 Å². The Morgan fingerprint density at radius 1 is 1.20 bits per heavy atom. The van der Waals surface area contributed by atoms with Crippen LogP contribution in [0.2, 0.25) is 0 Å². The predicted octanol–water partition coefficient (Wildman–Crippen LogP) is 3.13. The second kappa shape index (κ2) is 4.96. The number of ketones is 2. The fourth-order valence-corrected chi connectivity index (χ4v) is 2.52. The number of carbonyl (C=O) groups excluding carboxylic acids is 2. The Hall–Kier alpha value is -2.36. The van der Waals surface area contributed by atoms with Crippen molar-refractivity contribution in [3.05, 3.63) is 54.0 Å². The first-order chi connectivity index (χ1) is 9.72. The first-order valence-electron chi connectivity index (χ1n) is 6.60. The van der Waals surface area contributed by atoms with Crippen LogP contribution in [0.5, 0.6) is 5.75 Å². The fraction of sp³-hybridized carbons (Fsp3) is 0.250. The van der Waals surface area contributed by atoms with Crippen LogP contribution < -0.4 is 4.74 Å². The molecule has 0 spiro atoms. The zero-order chi connectivity index (χ0) is 14.1. The van der Waals surface area contributed by atoms with Gasteiger partial charge in [0.25, 0.3) is 0 Å². The molecule has 1 aliphatic rings. The molecule has 4 nitrogen and oxygen atoms in total. The summed E-state index contributed by atoms with van der Waals surface area (Å²) in [6.45, 7) is 1.90. The molecule has 2 aromatic rings. The first-order valence-corrected chi connectivity index (χ1v) is 6.60. The van der Waals surface area contributed by atoms with Crippen LogP contribution in [0.1, 0.15) is 34.3 Å². The molecule has 3 rings (SSSR count). The van der Waals surface area contributed by atoms with E-state index in [1.807, 2.05) is 13.0 Å². The summed E-state index contributed by atoms with van der Waals surface area (Å²) in [6.07, 6.45) is 1.56. The molecule has 102 valence electrons. The standard InChI is InChI=1S/C16H14O4/c1-2-11-14(16(18)13-8-5-9-19-13)15(17)10-6-3-4-7-12(10)20-11/h3-9,11,14H,2H2,1H3/t11-,14+/m1/s1. The molecule has 0 aliphatic carbocycles. The molecular weight excluding hydrogens is 256 g/mol. The number of ether oxygens (including phenoxy) is 1. The van der Waals surface area contributed by atoms with E-state index in [2.05, 4.69) is 0 Å². The Morgan fingerprint density at radius 3 is 2.70 bits per heavy atom. The van der Waals surface area contributed by atoms with Crippen molar-refractivity contribution in [1.29, 1.82) is 0 Å². The van der Waals surface area contributed by atoms with Crippen molar-refractivity contribution in [1.82, 2.24) is 0 Å². The molecule has 0 unspecified atom stereocenters. The third-order valence-corrected chi connectivity index (χ3v) is 3.53. The smallest absolute Gasteiger partial charge is 0.212 e. The van der Waals surface area contributed by atoms with Crippen LogP contribution >= 0.6 is 0 Å². The highest BCUT2D eigenvalue weighted by Crippen LogP contribution is 2.33. The summed E-state index contributed by atoms with van der Waals surface area (Å²) in [4.78, 5) is 25.0. The molecule has 0 radical (unpaired) electrons. The van der Waals surface area contributed by atoms with E-state index in [4.69, 9.17) is 9.15 Å². The van der Waals surface area contributed by atoms with Gasteiger partial charge in [0.05, 0.1) is 11.8 Å². The largest absolute Gasteiger partial charge is 0.488 e. The monoisotopic (exact) mass is 270 g/mol. The van der Waals surface area contributed by atoms with Gasteiger partial charge in [0.15, 0.2) is 11.5 Å². The van der Waals surface area contributed by atoms with E-state index in [0.717, 1.165) is 0 Å². The van der Waals surface area contributed by atoms with Gasteiger partial charge in [-0.25, -0.2) is 0 Å². The molecule has 0 saturated carbocycles. The number of rotatable bonds is 3. The van der Waals surface area contributed by atoms with Crippen LogP contribution in [0.3, 0.4) is 0 Å². The highest BCUT2D eigenvalue weighted by atomic mass is 16.5. The molecule has 0 amide bonds. The zero-order valence-corrected chi connectivity index (χ0v) is 11.0. The molecule has 0 N–H and O–H groups in total. The molecule has 2 heterocycles. The molecular formula is C16H14O4. The average Bonchev–Trinajstić information content (AvgIpc) is 3.00. The van der Waals surface area contributed by atoms with Gasteiger partial charge in [0.2, 0.25) is 5.78 Å². The number of furan rings is 1. The summed E-state index contributed by atoms with van der Waals surface area (Å²) < 4.78 is 10.9. The Morgan fingerprint density at radius 2 is 2.00 bits per heavy atom. The topological polar surface area (TPSA) is 56.5 Å². The van der Waals surface area contributed by atoms with Gasteiger partial charge in [-0.05, 0) is 30.7 Å². The Balaban J connectivity index is 2.02. The van der Waals surface area contributed by atoms with Gasteiger partial charge in [-0.2, -0.15) is 0 Å². The molecule has 20 heavy (non-hydrogen) atoms. The lowest BCUT2D eigenvalue weighted by molar-refractivity contribution is 0.0549. The first kappa shape index (κ1) is 12.7. The second-order valence-corrected chi connectivity index (χ2v) is 4.74. The van der Waals surface area contributed by atoms with Gasteiger partial charge in [-0.15, -0.1) is 0 Å². The molecule has 2 atom stereocenters. The van der Waals surface area contributed by atoms with Gasteiger partial charge in [0.1, 0.15) is 17.8 Å². The third kappa shape index (κ3) is 1.93. The minimum absolute atomic E-state index is 0.194. The van der Waals surface area contributed by atoms with E-state index in [1.54, 1.807) is 30.3 Å². The minimum Gasteiger partial charge on any atom is -0.488 e. The quantitative estimate of drug-likeness (QED) is 0.635. The molecule has 0 saturated heterocycles. The van der Waals surface area contributed by atoms with E-state index in [0.29, 0.717) is 17.7 Å². The maximum atomic E-state index is 12.6. The van der Waals surface area contributed by atoms with Crippen molar-refractivity contribution >= 4 is 11.6 Å². The normalized spacial score (nSPS) is 21.1. The zero-order valence-electron chi connectivity index (χ0n) is 11.0. The van der Waals surface area contributed by atoms with Crippen molar-refractivity contribution in [2.45, 2.75) is 19.4 Å². The Kier molecular flexibility index (Phi) is 3.14. The van der Waals surface area contributed by atoms with Crippen molar-refractivity contribution in [2.24, 2.45) is 5.92 Å². The number of hydrogen-bond donors (Lipinski definition) is 0. The van der Waals surface area contributed by atoms with Crippen LogP contribution in [-0.2, 0) is 0 Å². The van der Waals surface area contributed by atoms with Gasteiger partial charge in [0, 0.05) is 0 Å². The van der Waals surface area contributed by atoms with Crippen LogP contribution in [0.25, 0.3) is 0 Å². The number of fused-ring (bicyclic) bond motifs is 1. The van der Waals surface area contributed by atoms with Crippen LogP contribution in [0.15, 0.2) is 47.1 Å². The summed E-state index contributed by atoms with van der Waals surface area (Å²) >= 11 is 0. The lowest BCUT2D eigenvalue weighted by Gasteiger charge is -2.30. The highest BCUT2D eigenvalue weighted by Gasteiger charge is 2.42. The average molecular weight is 270 g/mol. The summed E-state index contributed by atoms with van der Waals surface area (Å²) in [5.74, 6) is -0.597. The summed E-state index contributed by atoms with van der Waals surface area (Å²) in [6, 6.07) is 10.2. The Labute approximate surface area is 116 Å². The minimum atomic E-state index is -0.832. The summed E-state index contributed by atoms with van der Waals surface area (Å²) in [7, 11) is 0. The summed E-state index contributed by atoms with van der Waals surface area (Å²) in [5.41, 5.74) is 0.460. The Bertz CT molecular complexity index is 642. The molecule has 4 heteroatoms. The van der Waals surface area contributed by atoms with Gasteiger partial charge in [-0.3, -0.25) is 9.59 Å². The van der Waals surface area contributed by atoms with Crippen molar-refractivity contribution in [3.63, 3.8) is 0 Å². The summed E-state index contributed by atoms with van der Waals surface area (Å²) in [5, 5.41) is 0. The van der Waals surface area contributed by atoms with E-state index in [9.17, 15) is 9.59 Å². The molecule has 0 bridgehead atoms. The lowest BCUT2D eigenvalue weighted by atomic mass is 9.84. The van der Waals surface area contributed by atoms with Crippen molar-refractivity contribution < 1.29 is 18.7 Å². The number of hydrogen-bond acceptors (Lipinski definition) is 4. The van der Waals surface area contributed by atoms with Gasteiger partial charge < -0.3 is 9.15 Å². The van der Waals surface area contributed by atoms with Gasteiger partial charge >= 0.3 is 0 Å². The van der Waals surface area contributed by atoms with Crippen molar-refractivity contribution in [3.8, 4) is 5.75 Å². The maximum Gasteiger partial charge on any atom is 0.212 e. The van der Waals surface area contributed by atoms with Crippen LogP contribution in [0, 0.1) is 5.92 Å². The molecule has 1 aromatic carbocycles. The highest BCUT2D eigenvalue weighted by molar-refractivity contribution is 6.17. The lowest BCUT2D eigenvalue weighted by Crippen LogP contribution is -2.42. The number of carbonyl (C=O) groups is 2. The molecule has 1 aliphatic heterocycles. The van der Waals surface area contributed by atoms with E-state index in [-0.39, 0.29) is 17.3 Å². The van der Waals surface area contributed by atoms with E-state index < -0.39 is 12.0 Å². The number of Topliss-reactive ketones (excluding diaryl/α,β-unsaturated/α-hetero) is 2. The van der Waals surface area contributed by atoms with Crippen molar-refractivity contribution in [2.75, 3.05) is 0 Å². The van der Waals surface area contributed by atoms with Gasteiger partial charge in [-0.1, -0.05) is 19.1 Å². The SMILES string of the molecule is CC[C@H]1Oc2ccccc2C(=O)[C@H]1C(=O)c1ccco1. The molecule has 1 aromatic heterocycles. The van der Waals surface area contributed by atoms with E-state index in [1.165, 1.54) is 6.26 Å². The van der Waals surface area contributed by atoms with Crippen LogP contribution in [0.4, 0.5) is 0 Å². The number of benzene rings is 1. The fourth-order valence-electron chi connectivity index (χ4n) is 2.52. The van der Waals surface area contributed by atoms with Crippen LogP contribution in [-0.4, -0.2) is 17.7 Å². The third-order valence-electron chi connectivity index (χ3n) is 3.53. The second-order valence-electron chi connectivity index (χ2n) is 4.74.